The molecule has 5 N–H and O–H groups in total. The van der Waals surface area contributed by atoms with E-state index >= 15 is 0 Å². The molecule has 2 unspecified atom stereocenters. The summed E-state index contributed by atoms with van der Waals surface area (Å²) >= 11 is 0. The minimum Gasteiger partial charge on any atom is -0.469 e. The summed E-state index contributed by atoms with van der Waals surface area (Å²) in [4.78, 5) is 46.1. The van der Waals surface area contributed by atoms with Crippen molar-refractivity contribution in [3.8, 4) is 5.75 Å². The molecule has 4 aliphatic rings. The summed E-state index contributed by atoms with van der Waals surface area (Å²) < 4.78 is 13.4. The summed E-state index contributed by atoms with van der Waals surface area (Å²) in [6.07, 6.45) is 3.98. The molecule has 48 heavy (non-hydrogen) atoms. The number of anilines is 1. The Morgan fingerprint density at radius 2 is 1.81 bits per heavy atom. The Morgan fingerprint density at radius 3 is 2.56 bits per heavy atom. The number of para-hydroxylation sites is 1. The monoisotopic (exact) mass is 655 g/mol. The number of carbonyl (C=O) groups is 3. The van der Waals surface area contributed by atoms with Crippen molar-refractivity contribution in [3.05, 3.63) is 76.5 Å². The van der Waals surface area contributed by atoms with E-state index in [0.29, 0.717) is 24.0 Å². The number of aliphatic hydroxyl groups excluding tert-OH is 1. The van der Waals surface area contributed by atoms with Crippen molar-refractivity contribution < 1.29 is 28.6 Å². The van der Waals surface area contributed by atoms with Crippen molar-refractivity contribution in [3.63, 3.8) is 0 Å². The van der Waals surface area contributed by atoms with Crippen LogP contribution in [0.3, 0.4) is 0 Å². The molecule has 5 atom stereocenters. The average Bonchev–Trinajstić information content (AvgIpc) is 3.74. The highest BCUT2D eigenvalue weighted by Gasteiger charge is 2.61. The molecule has 3 aliphatic heterocycles. The van der Waals surface area contributed by atoms with Crippen LogP contribution in [-0.4, -0.2) is 52.7 Å². The number of nitrogens with zero attached hydrogens (tertiary/aromatic N) is 1. The van der Waals surface area contributed by atoms with E-state index in [1.165, 1.54) is 6.42 Å². The lowest BCUT2D eigenvalue weighted by molar-refractivity contribution is -0.135. The maximum Gasteiger partial charge on any atom is 0.273 e. The van der Waals surface area contributed by atoms with Gasteiger partial charge in [-0.05, 0) is 53.9 Å². The van der Waals surface area contributed by atoms with Crippen molar-refractivity contribution >= 4 is 23.4 Å². The summed E-state index contributed by atoms with van der Waals surface area (Å²) in [5.74, 6) is -0.321. The number of aromatic nitrogens is 1. The molecule has 2 aromatic carbocycles. The molecule has 11 nitrogen and oxygen atoms in total. The number of aliphatic hydroxyl groups is 1. The summed E-state index contributed by atoms with van der Waals surface area (Å²) in [5, 5.41) is 23.1. The highest BCUT2D eigenvalue weighted by atomic mass is 16.5. The second kappa shape index (κ2) is 12.6. The molecular weight excluding hydrogens is 610 g/mol. The predicted molar refractivity (Wildman–Crippen MR) is 178 cm³/mol. The summed E-state index contributed by atoms with van der Waals surface area (Å²) in [5.41, 5.74) is 2.39. The van der Waals surface area contributed by atoms with Gasteiger partial charge >= 0.3 is 0 Å². The van der Waals surface area contributed by atoms with E-state index in [9.17, 15) is 19.5 Å². The van der Waals surface area contributed by atoms with Crippen LogP contribution in [0, 0.1) is 17.8 Å². The maximum absolute atomic E-state index is 14.2. The molecule has 1 spiro atoms. The number of carbonyl (C=O) groups excluding carboxylic acids is 3. The van der Waals surface area contributed by atoms with Crippen molar-refractivity contribution in [1.29, 1.82) is 0 Å². The van der Waals surface area contributed by atoms with Gasteiger partial charge in [0.25, 0.3) is 5.91 Å². The minimum atomic E-state index is -1.28. The second-order valence-electron chi connectivity index (χ2n) is 14.5. The third-order valence-electron chi connectivity index (χ3n) is 10.4. The van der Waals surface area contributed by atoms with Gasteiger partial charge in [0.15, 0.2) is 17.7 Å². The molecule has 1 aliphatic carbocycles. The van der Waals surface area contributed by atoms with Gasteiger partial charge in [0.05, 0.1) is 0 Å². The zero-order chi connectivity index (χ0) is 33.7. The zero-order valence-electron chi connectivity index (χ0n) is 28.0. The van der Waals surface area contributed by atoms with Gasteiger partial charge in [-0.2, -0.15) is 0 Å². The third-order valence-corrected chi connectivity index (χ3v) is 10.4. The quantitative estimate of drug-likeness (QED) is 0.252. The van der Waals surface area contributed by atoms with Crippen molar-refractivity contribution in [1.82, 2.24) is 20.9 Å². The molecule has 3 aromatic rings. The number of ether oxygens (including phenoxy) is 1. The lowest BCUT2D eigenvalue weighted by atomic mass is 9.72. The van der Waals surface area contributed by atoms with Crippen LogP contribution in [0.5, 0.6) is 5.75 Å². The largest absolute Gasteiger partial charge is 0.469 e. The maximum atomic E-state index is 14.2. The Kier molecular flexibility index (Phi) is 8.43. The van der Waals surface area contributed by atoms with Gasteiger partial charge in [0.2, 0.25) is 17.7 Å². The Hall–Kier alpha value is -4.38. The van der Waals surface area contributed by atoms with Gasteiger partial charge < -0.3 is 35.5 Å². The molecular formula is C37H45N5O6. The molecule has 0 saturated heterocycles. The molecule has 1 saturated carbocycles. The summed E-state index contributed by atoms with van der Waals surface area (Å²) in [6, 6.07) is 11.9. The Bertz CT molecular complexity index is 1730. The first-order valence-electron chi connectivity index (χ1n) is 17.3. The van der Waals surface area contributed by atoms with Crippen LogP contribution in [0.25, 0.3) is 0 Å². The molecule has 3 amide bonds. The van der Waals surface area contributed by atoms with Crippen molar-refractivity contribution in [2.45, 2.75) is 96.1 Å². The van der Waals surface area contributed by atoms with E-state index in [1.54, 1.807) is 13.8 Å². The van der Waals surface area contributed by atoms with Crippen LogP contribution < -0.4 is 26.0 Å². The molecule has 0 radical (unpaired) electrons. The van der Waals surface area contributed by atoms with Crippen LogP contribution in [0.15, 0.2) is 46.9 Å². The lowest BCUT2D eigenvalue weighted by Gasteiger charge is -2.29. The second-order valence-corrected chi connectivity index (χ2v) is 14.5. The molecule has 4 heterocycles. The topological polar surface area (TPSA) is 155 Å². The van der Waals surface area contributed by atoms with E-state index in [2.05, 4.69) is 21.3 Å². The normalized spacial score (nSPS) is 25.1. The SMILES string of the molecule is CC(C)[C@H](O)C(=O)N[C@H]1Cc2ccc3c(c2)C2(c4ccccc4NC2O3)c2oc(nc2C(=O)NCC2CCCCC2)[C@H](C(C)C)NC1=O. The predicted octanol–water partition coefficient (Wildman–Crippen LogP) is 4.33. The van der Waals surface area contributed by atoms with Crippen LogP contribution in [0.2, 0.25) is 0 Å². The van der Waals surface area contributed by atoms with Gasteiger partial charge in [-0.15, -0.1) is 0 Å². The van der Waals surface area contributed by atoms with Crippen LogP contribution >= 0.6 is 0 Å². The highest BCUT2D eigenvalue weighted by molar-refractivity contribution is 5.95. The molecule has 1 fully saturated rings. The first kappa shape index (κ1) is 32.2. The standard InChI is InChI=1S/C37H45N5O6/c1-19(2)28-35-42-29(33(45)38-18-21-10-6-5-7-11-21)31(48-35)37-23-12-8-9-13-25(23)40-36(37)47-27-15-14-22(16-24(27)37)17-26(32(44)41-28)39-34(46)30(43)20(3)4/h8-9,12-16,19-21,26,28,30,36,40,43H,5-7,10-11,17-18H2,1-4H3,(H,38,45)(H,39,46)(H,41,44)/t26-,28-,30-,36?,37?/m0/s1. The van der Waals surface area contributed by atoms with Crippen LogP contribution in [0.4, 0.5) is 5.69 Å². The number of nitrogens with one attached hydrogen (secondary N) is 4. The third kappa shape index (κ3) is 5.41. The van der Waals surface area contributed by atoms with E-state index in [1.807, 2.05) is 56.3 Å². The fourth-order valence-electron chi connectivity index (χ4n) is 7.73. The van der Waals surface area contributed by atoms with Crippen molar-refractivity contribution in [2.24, 2.45) is 17.8 Å². The fourth-order valence-corrected chi connectivity index (χ4v) is 7.73. The number of rotatable bonds is 7. The van der Waals surface area contributed by atoms with Gasteiger partial charge in [-0.3, -0.25) is 14.4 Å². The zero-order valence-corrected chi connectivity index (χ0v) is 28.0. The number of hydrogen-bond acceptors (Lipinski definition) is 8. The van der Waals surface area contributed by atoms with Gasteiger partial charge in [-0.25, -0.2) is 4.98 Å². The van der Waals surface area contributed by atoms with E-state index in [4.69, 9.17) is 14.1 Å². The van der Waals surface area contributed by atoms with Crippen LogP contribution in [0.1, 0.15) is 105 Å². The molecule has 7 rings (SSSR count). The smallest absolute Gasteiger partial charge is 0.273 e. The summed E-state index contributed by atoms with van der Waals surface area (Å²) in [6.45, 7) is 7.91. The molecule has 254 valence electrons. The fraction of sp³-hybridized carbons (Fsp3) is 0.514. The van der Waals surface area contributed by atoms with Gasteiger partial charge in [0, 0.05) is 24.2 Å². The Labute approximate surface area is 280 Å². The van der Waals surface area contributed by atoms with Crippen molar-refractivity contribution in [2.75, 3.05) is 11.9 Å². The number of hydrogen-bond donors (Lipinski definition) is 5. The summed E-state index contributed by atoms with van der Waals surface area (Å²) in [7, 11) is 0. The number of fused-ring (bicyclic) bond motifs is 4. The molecule has 11 heteroatoms. The van der Waals surface area contributed by atoms with Gasteiger partial charge in [-0.1, -0.05) is 77.3 Å². The first-order valence-corrected chi connectivity index (χ1v) is 17.3. The number of benzene rings is 2. The lowest BCUT2D eigenvalue weighted by Crippen LogP contribution is -2.52. The minimum absolute atomic E-state index is 0.162. The molecule has 4 bridgehead atoms. The van der Waals surface area contributed by atoms with E-state index < -0.39 is 41.6 Å². The number of amides is 3. The molecule has 1 aromatic heterocycles. The Morgan fingerprint density at radius 1 is 1.04 bits per heavy atom. The van der Waals surface area contributed by atoms with E-state index in [-0.39, 0.29) is 35.7 Å². The highest BCUT2D eigenvalue weighted by Crippen LogP contribution is 2.58. The average molecular weight is 656 g/mol. The Balaban J connectivity index is 1.39. The first-order chi connectivity index (χ1) is 23.1. The van der Waals surface area contributed by atoms with E-state index in [0.717, 1.165) is 48.1 Å². The number of oxazole rings is 1. The van der Waals surface area contributed by atoms with Gasteiger partial charge in [0.1, 0.15) is 29.4 Å². The van der Waals surface area contributed by atoms with Crippen LogP contribution in [-0.2, 0) is 21.4 Å².